The van der Waals surface area contributed by atoms with E-state index in [1.165, 1.54) is 6.42 Å². The molecule has 2 heterocycles. The van der Waals surface area contributed by atoms with Gasteiger partial charge in [0.25, 0.3) is 5.91 Å². The molecule has 0 saturated heterocycles. The van der Waals surface area contributed by atoms with Crippen LogP contribution in [0.3, 0.4) is 0 Å². The van der Waals surface area contributed by atoms with Crippen molar-refractivity contribution in [1.82, 2.24) is 20.1 Å². The summed E-state index contributed by atoms with van der Waals surface area (Å²) < 4.78 is 2.19. The molecule has 30 heavy (non-hydrogen) atoms. The molecule has 3 aromatic rings. The Morgan fingerprint density at radius 3 is 2.70 bits per heavy atom. The summed E-state index contributed by atoms with van der Waals surface area (Å²) in [6.07, 6.45) is 4.64. The van der Waals surface area contributed by atoms with Crippen molar-refractivity contribution >= 4 is 17.5 Å². The minimum Gasteiger partial charge on any atom is -0.352 e. The first kappa shape index (κ1) is 19.8. The van der Waals surface area contributed by atoms with Crippen LogP contribution in [0.5, 0.6) is 0 Å². The minimum absolute atomic E-state index is 0.152. The number of hydrogen-bond acceptors (Lipinski definition) is 4. The highest BCUT2D eigenvalue weighted by Crippen LogP contribution is 2.24. The molecule has 0 aliphatic carbocycles. The number of nitrogens with one attached hydrogen (secondary N) is 2. The van der Waals surface area contributed by atoms with Crippen LogP contribution in [0.15, 0.2) is 54.6 Å². The third-order valence-electron chi connectivity index (χ3n) is 5.19. The van der Waals surface area contributed by atoms with Crippen LogP contribution in [0.1, 0.15) is 41.9 Å². The number of anilines is 1. The normalized spacial score (nSPS) is 13.2. The average Bonchev–Trinajstić information content (AvgIpc) is 3.02. The van der Waals surface area contributed by atoms with Crippen molar-refractivity contribution in [1.29, 1.82) is 0 Å². The van der Waals surface area contributed by atoms with Crippen molar-refractivity contribution in [2.45, 2.75) is 38.6 Å². The lowest BCUT2D eigenvalue weighted by molar-refractivity contribution is -0.116. The van der Waals surface area contributed by atoms with Gasteiger partial charge in [0.15, 0.2) is 5.82 Å². The number of amides is 2. The zero-order valence-corrected chi connectivity index (χ0v) is 16.8. The Bertz CT molecular complexity index is 1030. The number of carbonyl (C=O) groups excluding carboxylic acids is 2. The largest absolute Gasteiger partial charge is 0.352 e. The number of hydrogen-bond donors (Lipinski definition) is 2. The molecule has 0 saturated carbocycles. The van der Waals surface area contributed by atoms with Crippen molar-refractivity contribution in [3.63, 3.8) is 0 Å². The molecular formula is C23H25N5O2. The molecule has 1 aliphatic rings. The van der Waals surface area contributed by atoms with E-state index in [1.54, 1.807) is 12.1 Å². The molecular weight excluding hydrogens is 378 g/mol. The van der Waals surface area contributed by atoms with E-state index in [0.29, 0.717) is 11.3 Å². The molecule has 1 aliphatic heterocycles. The second-order valence-electron chi connectivity index (χ2n) is 7.40. The maximum atomic E-state index is 12.3. The number of carbonyl (C=O) groups is 2. The van der Waals surface area contributed by atoms with E-state index in [1.807, 2.05) is 42.5 Å². The number of nitrogens with zero attached hydrogens (tertiary/aromatic N) is 3. The third kappa shape index (κ3) is 4.74. The maximum Gasteiger partial charge on any atom is 0.251 e. The lowest BCUT2D eigenvalue weighted by atomic mass is 10.1. The Morgan fingerprint density at radius 2 is 1.83 bits per heavy atom. The molecule has 2 N–H and O–H groups in total. The lowest BCUT2D eigenvalue weighted by Gasteiger charge is -2.10. The summed E-state index contributed by atoms with van der Waals surface area (Å²) in [5.74, 6) is 1.54. The molecule has 0 atom stereocenters. The fourth-order valence-corrected chi connectivity index (χ4v) is 3.64. The van der Waals surface area contributed by atoms with E-state index in [4.69, 9.17) is 0 Å². The molecule has 0 fully saturated rings. The van der Waals surface area contributed by atoms with Gasteiger partial charge in [-0.2, -0.15) is 0 Å². The zero-order valence-electron chi connectivity index (χ0n) is 16.8. The second-order valence-corrected chi connectivity index (χ2v) is 7.40. The highest BCUT2D eigenvalue weighted by Gasteiger charge is 2.16. The number of fused-ring (bicyclic) bond motifs is 1. The van der Waals surface area contributed by atoms with Gasteiger partial charge in [-0.25, -0.2) is 0 Å². The Morgan fingerprint density at radius 1 is 0.967 bits per heavy atom. The highest BCUT2D eigenvalue weighted by atomic mass is 16.2. The molecule has 0 radical (unpaired) electrons. The Hall–Kier alpha value is -3.48. The third-order valence-corrected chi connectivity index (χ3v) is 5.19. The standard InChI is InChI=1S/C23H25N5O2/c29-21(13-14-24-23(30)17-8-3-1-4-9-17)25-19-11-7-10-18(16-19)22-27-26-20-12-5-2-6-15-28(20)22/h1,3-4,7-11,16H,2,5-6,12-15H2,(H,24,30)(H,25,29). The monoisotopic (exact) mass is 403 g/mol. The molecule has 7 heteroatoms. The van der Waals surface area contributed by atoms with E-state index < -0.39 is 0 Å². The molecule has 4 rings (SSSR count). The SMILES string of the molecule is O=C(CCNC(=O)c1ccccc1)Nc1cccc(-c2nnc3n2CCCCC3)c1. The summed E-state index contributed by atoms with van der Waals surface area (Å²) in [6, 6.07) is 16.6. The molecule has 0 spiro atoms. The fraction of sp³-hybridized carbons (Fsp3) is 0.304. The van der Waals surface area contributed by atoms with Crippen molar-refractivity contribution in [3.8, 4) is 11.4 Å². The van der Waals surface area contributed by atoms with Crippen LogP contribution in [0.25, 0.3) is 11.4 Å². The summed E-state index contributed by atoms with van der Waals surface area (Å²) in [5, 5.41) is 14.4. The molecule has 0 bridgehead atoms. The minimum atomic E-state index is -0.183. The summed E-state index contributed by atoms with van der Waals surface area (Å²) in [4.78, 5) is 24.4. The van der Waals surface area contributed by atoms with Gasteiger partial charge in [-0.15, -0.1) is 10.2 Å². The first-order valence-corrected chi connectivity index (χ1v) is 10.4. The van der Waals surface area contributed by atoms with Crippen LogP contribution in [0.4, 0.5) is 5.69 Å². The van der Waals surface area contributed by atoms with E-state index in [2.05, 4.69) is 25.4 Å². The summed E-state index contributed by atoms with van der Waals surface area (Å²) in [7, 11) is 0. The van der Waals surface area contributed by atoms with E-state index in [-0.39, 0.29) is 24.8 Å². The molecule has 2 aromatic carbocycles. The van der Waals surface area contributed by atoms with Gasteiger partial charge in [-0.3, -0.25) is 9.59 Å². The molecule has 2 amide bonds. The van der Waals surface area contributed by atoms with Gasteiger partial charge in [0.2, 0.25) is 5.91 Å². The van der Waals surface area contributed by atoms with Gasteiger partial charge < -0.3 is 15.2 Å². The van der Waals surface area contributed by atoms with Crippen LogP contribution in [0.2, 0.25) is 0 Å². The number of rotatable bonds is 6. The van der Waals surface area contributed by atoms with E-state index in [0.717, 1.165) is 43.0 Å². The van der Waals surface area contributed by atoms with Crippen LogP contribution in [-0.2, 0) is 17.8 Å². The van der Waals surface area contributed by atoms with Crippen LogP contribution < -0.4 is 10.6 Å². The quantitative estimate of drug-likeness (QED) is 0.660. The van der Waals surface area contributed by atoms with Gasteiger partial charge >= 0.3 is 0 Å². The number of benzene rings is 2. The van der Waals surface area contributed by atoms with Gasteiger partial charge in [0.05, 0.1) is 0 Å². The van der Waals surface area contributed by atoms with Crippen LogP contribution in [0, 0.1) is 0 Å². The predicted molar refractivity (Wildman–Crippen MR) is 115 cm³/mol. The van der Waals surface area contributed by atoms with Crippen molar-refractivity contribution in [2.24, 2.45) is 0 Å². The molecule has 1 aromatic heterocycles. The number of aryl methyl sites for hydroxylation is 1. The summed E-state index contributed by atoms with van der Waals surface area (Å²) in [5.41, 5.74) is 2.22. The maximum absolute atomic E-state index is 12.3. The van der Waals surface area contributed by atoms with Crippen LogP contribution in [-0.4, -0.2) is 33.1 Å². The molecule has 7 nitrogen and oxygen atoms in total. The Labute approximate surface area is 175 Å². The first-order chi connectivity index (χ1) is 14.7. The van der Waals surface area contributed by atoms with Gasteiger partial charge in [-0.05, 0) is 37.1 Å². The lowest BCUT2D eigenvalue weighted by Crippen LogP contribution is -2.27. The summed E-state index contributed by atoms with van der Waals surface area (Å²) >= 11 is 0. The van der Waals surface area contributed by atoms with Gasteiger partial charge in [0, 0.05) is 42.7 Å². The number of aromatic nitrogens is 3. The van der Waals surface area contributed by atoms with E-state index in [9.17, 15) is 9.59 Å². The van der Waals surface area contributed by atoms with Gasteiger partial charge in [-0.1, -0.05) is 36.8 Å². The Kier molecular flexibility index (Phi) is 6.17. The first-order valence-electron chi connectivity index (χ1n) is 10.4. The Balaban J connectivity index is 1.35. The van der Waals surface area contributed by atoms with Crippen molar-refractivity contribution in [3.05, 3.63) is 66.0 Å². The smallest absolute Gasteiger partial charge is 0.251 e. The topological polar surface area (TPSA) is 88.9 Å². The predicted octanol–water partition coefficient (Wildman–Crippen LogP) is 3.43. The van der Waals surface area contributed by atoms with Crippen LogP contribution >= 0.6 is 0 Å². The second kappa shape index (κ2) is 9.35. The molecule has 0 unspecified atom stereocenters. The van der Waals surface area contributed by atoms with Crippen molar-refractivity contribution < 1.29 is 9.59 Å². The zero-order chi connectivity index (χ0) is 20.8. The average molecular weight is 403 g/mol. The highest BCUT2D eigenvalue weighted by molar-refractivity contribution is 5.95. The van der Waals surface area contributed by atoms with E-state index >= 15 is 0 Å². The molecule has 154 valence electrons. The summed E-state index contributed by atoms with van der Waals surface area (Å²) in [6.45, 7) is 1.20. The van der Waals surface area contributed by atoms with Crippen molar-refractivity contribution in [2.75, 3.05) is 11.9 Å². The van der Waals surface area contributed by atoms with Gasteiger partial charge in [0.1, 0.15) is 5.82 Å². The fourth-order valence-electron chi connectivity index (χ4n) is 3.64.